The molecule has 1 aliphatic rings. The first-order valence-corrected chi connectivity index (χ1v) is 9.84. The Bertz CT molecular complexity index is 882. The highest BCUT2D eigenvalue weighted by molar-refractivity contribution is 7.92. The van der Waals surface area contributed by atoms with Crippen LogP contribution >= 0.6 is 11.6 Å². The van der Waals surface area contributed by atoms with Gasteiger partial charge in [-0.05, 0) is 30.3 Å². The Balaban J connectivity index is 1.92. The van der Waals surface area contributed by atoms with Crippen LogP contribution in [0.25, 0.3) is 0 Å². The van der Waals surface area contributed by atoms with E-state index in [1.807, 2.05) is 0 Å². The fourth-order valence-corrected chi connectivity index (χ4v) is 3.77. The van der Waals surface area contributed by atoms with Crippen molar-refractivity contribution in [1.82, 2.24) is 10.4 Å². The number of hydrogen-bond acceptors (Lipinski definition) is 5. The van der Waals surface area contributed by atoms with Crippen molar-refractivity contribution < 1.29 is 17.9 Å². The number of carbonyl (C=O) groups excluding carboxylic acids is 1. The van der Waals surface area contributed by atoms with Crippen LogP contribution in [0.3, 0.4) is 0 Å². The zero-order chi connectivity index (χ0) is 18.6. The minimum Gasteiger partial charge on any atom is -0.378 e. The Morgan fingerprint density at radius 2 is 1.92 bits per heavy atom. The van der Waals surface area contributed by atoms with Crippen LogP contribution in [0.5, 0.6) is 0 Å². The lowest BCUT2D eigenvalue weighted by molar-refractivity contribution is 0.0661. The van der Waals surface area contributed by atoms with E-state index in [0.29, 0.717) is 31.3 Å². The molecule has 1 amide bonds. The molecule has 0 radical (unpaired) electrons. The van der Waals surface area contributed by atoms with Gasteiger partial charge in [0.2, 0.25) is 0 Å². The second kappa shape index (κ2) is 8.05. The largest absolute Gasteiger partial charge is 0.378 e. The first-order chi connectivity index (χ1) is 12.5. The van der Waals surface area contributed by atoms with E-state index in [9.17, 15) is 13.2 Å². The van der Waals surface area contributed by atoms with Gasteiger partial charge in [-0.1, -0.05) is 29.8 Å². The number of nitrogens with zero attached hydrogens (tertiary/aromatic N) is 1. The molecule has 0 aromatic heterocycles. The SMILES string of the molecule is O=C(c1cc(Cl)ccc1NS(=O)(=O)c1ccccc1)N1CCOCCN1. The maximum atomic E-state index is 12.9. The van der Waals surface area contributed by atoms with Crippen molar-refractivity contribution in [3.05, 3.63) is 59.1 Å². The third-order valence-electron chi connectivity index (χ3n) is 3.76. The fourth-order valence-electron chi connectivity index (χ4n) is 2.49. The number of rotatable bonds is 4. The number of hydrazine groups is 1. The second-order valence-electron chi connectivity index (χ2n) is 5.59. The van der Waals surface area contributed by atoms with Crippen molar-refractivity contribution in [2.75, 3.05) is 31.0 Å². The quantitative estimate of drug-likeness (QED) is 0.827. The van der Waals surface area contributed by atoms with E-state index in [4.69, 9.17) is 16.3 Å². The molecule has 0 aliphatic carbocycles. The Hall–Kier alpha value is -2.13. The van der Waals surface area contributed by atoms with Crippen molar-refractivity contribution in [2.24, 2.45) is 0 Å². The van der Waals surface area contributed by atoms with Crippen LogP contribution in [0.1, 0.15) is 10.4 Å². The van der Waals surface area contributed by atoms with Gasteiger partial charge in [0, 0.05) is 11.6 Å². The molecular weight excluding hydrogens is 378 g/mol. The zero-order valence-electron chi connectivity index (χ0n) is 13.8. The van der Waals surface area contributed by atoms with Gasteiger partial charge in [0.05, 0.1) is 35.9 Å². The number of nitrogens with one attached hydrogen (secondary N) is 2. The number of benzene rings is 2. The van der Waals surface area contributed by atoms with Gasteiger partial charge in [0.1, 0.15) is 0 Å². The van der Waals surface area contributed by atoms with Crippen LogP contribution in [-0.2, 0) is 14.8 Å². The van der Waals surface area contributed by atoms with Crippen LogP contribution in [0.2, 0.25) is 5.02 Å². The van der Waals surface area contributed by atoms with Gasteiger partial charge in [0.15, 0.2) is 0 Å². The standard InChI is InChI=1S/C17H18ClN3O4S/c18-13-6-7-16(20-26(23,24)14-4-2-1-3-5-14)15(12-13)17(22)21-9-11-25-10-8-19-21/h1-7,12,19-20H,8-11H2. The van der Waals surface area contributed by atoms with Crippen LogP contribution in [0.15, 0.2) is 53.4 Å². The molecule has 0 unspecified atom stereocenters. The number of sulfonamides is 1. The predicted octanol–water partition coefficient (Wildman–Crippen LogP) is 2.12. The molecule has 2 N–H and O–H groups in total. The van der Waals surface area contributed by atoms with Crippen molar-refractivity contribution in [3.63, 3.8) is 0 Å². The smallest absolute Gasteiger partial charge is 0.270 e. The lowest BCUT2D eigenvalue weighted by atomic mass is 10.1. The zero-order valence-corrected chi connectivity index (χ0v) is 15.4. The number of anilines is 1. The van der Waals surface area contributed by atoms with Crippen molar-refractivity contribution in [3.8, 4) is 0 Å². The summed E-state index contributed by atoms with van der Waals surface area (Å²) >= 11 is 6.03. The minimum atomic E-state index is -3.83. The summed E-state index contributed by atoms with van der Waals surface area (Å²) in [7, 11) is -3.83. The Morgan fingerprint density at radius 1 is 1.15 bits per heavy atom. The number of halogens is 1. The summed E-state index contributed by atoms with van der Waals surface area (Å²) in [5.74, 6) is -0.385. The van der Waals surface area contributed by atoms with E-state index in [1.54, 1.807) is 18.2 Å². The summed E-state index contributed by atoms with van der Waals surface area (Å²) in [6, 6.07) is 12.4. The highest BCUT2D eigenvalue weighted by Gasteiger charge is 2.23. The first-order valence-electron chi connectivity index (χ1n) is 7.98. The average Bonchev–Trinajstić information content (AvgIpc) is 2.93. The van der Waals surface area contributed by atoms with Gasteiger partial charge in [-0.15, -0.1) is 0 Å². The number of amides is 1. The van der Waals surface area contributed by atoms with E-state index in [0.717, 1.165) is 0 Å². The highest BCUT2D eigenvalue weighted by atomic mass is 35.5. The van der Waals surface area contributed by atoms with Crippen molar-refractivity contribution >= 4 is 33.2 Å². The van der Waals surface area contributed by atoms with E-state index in [-0.39, 0.29) is 22.1 Å². The van der Waals surface area contributed by atoms with Crippen LogP contribution in [-0.4, -0.2) is 45.6 Å². The summed E-state index contributed by atoms with van der Waals surface area (Å²) in [4.78, 5) is 13.0. The van der Waals surface area contributed by atoms with Gasteiger partial charge >= 0.3 is 0 Å². The summed E-state index contributed by atoms with van der Waals surface area (Å²) in [5, 5.41) is 1.74. The van der Waals surface area contributed by atoms with E-state index < -0.39 is 10.0 Å². The van der Waals surface area contributed by atoms with Crippen LogP contribution in [0, 0.1) is 0 Å². The molecular formula is C17H18ClN3O4S. The maximum Gasteiger partial charge on any atom is 0.270 e. The molecule has 138 valence electrons. The van der Waals surface area contributed by atoms with E-state index >= 15 is 0 Å². The lowest BCUT2D eigenvalue weighted by Gasteiger charge is -2.22. The molecule has 2 aromatic carbocycles. The summed E-state index contributed by atoms with van der Waals surface area (Å²) in [6.45, 7) is 1.71. The third-order valence-corrected chi connectivity index (χ3v) is 5.38. The Kier molecular flexibility index (Phi) is 5.77. The topological polar surface area (TPSA) is 87.7 Å². The summed E-state index contributed by atoms with van der Waals surface area (Å²) in [5.41, 5.74) is 3.28. The molecule has 9 heteroatoms. The summed E-state index contributed by atoms with van der Waals surface area (Å²) < 4.78 is 33.0. The maximum absolute atomic E-state index is 12.9. The molecule has 1 heterocycles. The average molecular weight is 396 g/mol. The molecule has 7 nitrogen and oxygen atoms in total. The van der Waals surface area contributed by atoms with Gasteiger partial charge in [-0.25, -0.2) is 13.8 Å². The van der Waals surface area contributed by atoms with E-state index in [1.165, 1.54) is 35.3 Å². The van der Waals surface area contributed by atoms with Crippen molar-refractivity contribution in [1.29, 1.82) is 0 Å². The molecule has 2 aromatic rings. The fraction of sp³-hybridized carbons (Fsp3) is 0.235. The lowest BCUT2D eigenvalue weighted by Crippen LogP contribution is -2.43. The predicted molar refractivity (Wildman–Crippen MR) is 98.6 cm³/mol. The molecule has 26 heavy (non-hydrogen) atoms. The molecule has 3 rings (SSSR count). The Morgan fingerprint density at radius 3 is 2.69 bits per heavy atom. The van der Waals surface area contributed by atoms with Gasteiger partial charge in [-0.2, -0.15) is 0 Å². The molecule has 0 atom stereocenters. The van der Waals surface area contributed by atoms with Gasteiger partial charge in [0.25, 0.3) is 15.9 Å². The molecule has 1 saturated heterocycles. The number of hydrogen-bond donors (Lipinski definition) is 2. The summed E-state index contributed by atoms with van der Waals surface area (Å²) in [6.07, 6.45) is 0. The first kappa shape index (κ1) is 18.7. The normalized spacial score (nSPS) is 15.3. The van der Waals surface area contributed by atoms with Crippen LogP contribution in [0.4, 0.5) is 5.69 Å². The molecule has 0 saturated carbocycles. The third kappa shape index (κ3) is 4.34. The number of carbonyl (C=O) groups is 1. The van der Waals surface area contributed by atoms with Crippen molar-refractivity contribution in [2.45, 2.75) is 4.90 Å². The molecule has 1 fully saturated rings. The molecule has 1 aliphatic heterocycles. The minimum absolute atomic E-state index is 0.106. The second-order valence-corrected chi connectivity index (χ2v) is 7.70. The highest BCUT2D eigenvalue weighted by Crippen LogP contribution is 2.25. The number of ether oxygens (including phenoxy) is 1. The van der Waals surface area contributed by atoms with E-state index in [2.05, 4.69) is 10.1 Å². The van der Waals surface area contributed by atoms with Gasteiger partial charge < -0.3 is 4.74 Å². The van der Waals surface area contributed by atoms with Gasteiger partial charge in [-0.3, -0.25) is 14.5 Å². The monoisotopic (exact) mass is 395 g/mol. The molecule has 0 spiro atoms. The van der Waals surface area contributed by atoms with Crippen LogP contribution < -0.4 is 10.1 Å². The molecule has 0 bridgehead atoms. The Labute approximate surface area is 156 Å².